The molecule has 12 heteroatoms. The molecule has 1 N–H and O–H groups in total. The Bertz CT molecular complexity index is 1540. The van der Waals surface area contributed by atoms with Gasteiger partial charge in [-0.1, -0.05) is 29.5 Å². The molecule has 0 aliphatic heterocycles. The molecule has 4 aromatic rings. The van der Waals surface area contributed by atoms with Gasteiger partial charge in [0.2, 0.25) is 0 Å². The highest BCUT2D eigenvalue weighted by atomic mass is 32.2. The summed E-state index contributed by atoms with van der Waals surface area (Å²) in [6.07, 6.45) is 0. The van der Waals surface area contributed by atoms with Crippen molar-refractivity contribution >= 4 is 32.6 Å². The van der Waals surface area contributed by atoms with E-state index in [-0.39, 0.29) is 16.6 Å². The molecular formula is C21H14F2N4O5S. The minimum atomic E-state index is -4.49. The Kier molecular flexibility index (Phi) is 5.84. The number of para-hydroxylation sites is 1. The van der Waals surface area contributed by atoms with Crippen molar-refractivity contribution in [3.8, 4) is 0 Å². The summed E-state index contributed by atoms with van der Waals surface area (Å²) in [4.78, 5) is 24.3. The molecule has 0 amide bonds. The minimum absolute atomic E-state index is 0.203. The Morgan fingerprint density at radius 3 is 2.55 bits per heavy atom. The summed E-state index contributed by atoms with van der Waals surface area (Å²) in [7, 11) is -4.49. The highest BCUT2D eigenvalue weighted by molar-refractivity contribution is 7.92. The molecule has 0 radical (unpaired) electrons. The molecule has 3 aromatic carbocycles. The molecule has 1 heterocycles. The fourth-order valence-electron chi connectivity index (χ4n) is 2.95. The Labute approximate surface area is 185 Å². The third kappa shape index (κ3) is 4.55. The topological polar surface area (TPSA) is 120 Å². The first-order chi connectivity index (χ1) is 15.8. The summed E-state index contributed by atoms with van der Waals surface area (Å²) in [5.41, 5.74) is -0.569. The van der Waals surface area contributed by atoms with Crippen LogP contribution in [0.2, 0.25) is 0 Å². The summed E-state index contributed by atoms with van der Waals surface area (Å²) in [6, 6.07) is 13.9. The number of carbonyl (C=O) groups is 1. The number of halogens is 2. The number of nitrogens with zero attached hydrogens (tertiary/aromatic N) is 3. The van der Waals surface area contributed by atoms with E-state index in [1.807, 2.05) is 0 Å². The van der Waals surface area contributed by atoms with E-state index in [0.717, 1.165) is 16.8 Å². The third-order valence-corrected chi connectivity index (χ3v) is 5.92. The van der Waals surface area contributed by atoms with Crippen molar-refractivity contribution in [2.24, 2.45) is 0 Å². The van der Waals surface area contributed by atoms with Crippen molar-refractivity contribution in [1.29, 1.82) is 0 Å². The van der Waals surface area contributed by atoms with Crippen LogP contribution in [0.25, 0.3) is 10.9 Å². The van der Waals surface area contributed by atoms with Gasteiger partial charge in [-0.2, -0.15) is 4.68 Å². The van der Waals surface area contributed by atoms with Gasteiger partial charge in [0.15, 0.2) is 6.73 Å². The average Bonchev–Trinajstić information content (AvgIpc) is 2.78. The quantitative estimate of drug-likeness (QED) is 0.429. The molecule has 0 fully saturated rings. The summed E-state index contributed by atoms with van der Waals surface area (Å²) in [6.45, 7) is -0.580. The third-order valence-electron chi connectivity index (χ3n) is 4.52. The molecule has 168 valence electrons. The Balaban J connectivity index is 1.57. The lowest BCUT2D eigenvalue weighted by Crippen LogP contribution is -2.27. The van der Waals surface area contributed by atoms with Crippen LogP contribution in [0.5, 0.6) is 0 Å². The van der Waals surface area contributed by atoms with Gasteiger partial charge in [-0.3, -0.25) is 9.52 Å². The van der Waals surface area contributed by atoms with Gasteiger partial charge in [0.25, 0.3) is 15.6 Å². The number of esters is 1. The number of ether oxygens (including phenoxy) is 1. The van der Waals surface area contributed by atoms with Crippen LogP contribution < -0.4 is 10.3 Å². The van der Waals surface area contributed by atoms with Crippen LogP contribution in [-0.4, -0.2) is 29.4 Å². The maximum Gasteiger partial charge on any atom is 0.342 e. The van der Waals surface area contributed by atoms with Gasteiger partial charge < -0.3 is 4.74 Å². The van der Waals surface area contributed by atoms with Crippen molar-refractivity contribution in [3.63, 3.8) is 0 Å². The molecule has 0 bridgehead atoms. The smallest absolute Gasteiger partial charge is 0.342 e. The van der Waals surface area contributed by atoms with Gasteiger partial charge in [0, 0.05) is 6.07 Å². The average molecular weight is 472 g/mol. The number of hydrogen-bond donors (Lipinski definition) is 1. The Hall–Kier alpha value is -4.19. The maximum atomic E-state index is 14.0. The first kappa shape index (κ1) is 22.0. The lowest BCUT2D eigenvalue weighted by molar-refractivity contribution is 0.0337. The van der Waals surface area contributed by atoms with Crippen molar-refractivity contribution in [1.82, 2.24) is 15.0 Å². The second kappa shape index (κ2) is 8.74. The van der Waals surface area contributed by atoms with E-state index in [0.29, 0.717) is 11.6 Å². The highest BCUT2D eigenvalue weighted by Crippen LogP contribution is 2.23. The highest BCUT2D eigenvalue weighted by Gasteiger charge is 2.23. The van der Waals surface area contributed by atoms with Crippen LogP contribution in [0.15, 0.2) is 76.4 Å². The summed E-state index contributed by atoms with van der Waals surface area (Å²) in [5.74, 6) is -3.21. The SMILES string of the molecule is O=C(OCn1nnc2ccccc2c1=O)c1ccccc1NS(=O)(=O)c1ccc(F)cc1F. The van der Waals surface area contributed by atoms with Crippen LogP contribution in [-0.2, 0) is 21.5 Å². The molecule has 0 saturated heterocycles. The fraction of sp³-hybridized carbons (Fsp3) is 0.0476. The van der Waals surface area contributed by atoms with Gasteiger partial charge in [0.1, 0.15) is 22.0 Å². The zero-order valence-corrected chi connectivity index (χ0v) is 17.4. The summed E-state index contributed by atoms with van der Waals surface area (Å²) in [5, 5.41) is 7.85. The first-order valence-corrected chi connectivity index (χ1v) is 10.8. The van der Waals surface area contributed by atoms with Crippen molar-refractivity contribution in [3.05, 3.63) is 94.3 Å². The molecule has 4 rings (SSSR count). The first-order valence-electron chi connectivity index (χ1n) is 9.33. The lowest BCUT2D eigenvalue weighted by atomic mass is 10.2. The normalized spacial score (nSPS) is 11.3. The number of anilines is 1. The van der Waals surface area contributed by atoms with Crippen molar-refractivity contribution in [2.45, 2.75) is 11.6 Å². The molecule has 9 nitrogen and oxygen atoms in total. The molecule has 0 aliphatic carbocycles. The van der Waals surface area contributed by atoms with Crippen LogP contribution in [0.4, 0.5) is 14.5 Å². The number of benzene rings is 3. The molecule has 0 unspecified atom stereocenters. The molecule has 0 spiro atoms. The molecule has 0 saturated carbocycles. The van der Waals surface area contributed by atoms with Crippen LogP contribution in [0.3, 0.4) is 0 Å². The van der Waals surface area contributed by atoms with E-state index in [4.69, 9.17) is 4.74 Å². The number of sulfonamides is 1. The second-order valence-electron chi connectivity index (χ2n) is 6.70. The van der Waals surface area contributed by atoms with Gasteiger partial charge in [-0.05, 0) is 36.4 Å². The molecule has 0 atom stereocenters. The number of nitrogens with one attached hydrogen (secondary N) is 1. The van der Waals surface area contributed by atoms with Gasteiger partial charge in [-0.15, -0.1) is 5.10 Å². The van der Waals surface area contributed by atoms with E-state index in [1.165, 1.54) is 24.3 Å². The summed E-state index contributed by atoms with van der Waals surface area (Å²) < 4.78 is 60.3. The van der Waals surface area contributed by atoms with Crippen LogP contribution in [0.1, 0.15) is 10.4 Å². The molecule has 1 aromatic heterocycles. The number of fused-ring (bicyclic) bond motifs is 1. The largest absolute Gasteiger partial charge is 0.438 e. The number of rotatable bonds is 6. The van der Waals surface area contributed by atoms with Gasteiger partial charge in [0.05, 0.1) is 16.6 Å². The molecular weight excluding hydrogens is 458 g/mol. The predicted octanol–water partition coefficient (Wildman–Crippen LogP) is 2.69. The number of aromatic nitrogens is 3. The van der Waals surface area contributed by atoms with E-state index in [2.05, 4.69) is 15.0 Å². The van der Waals surface area contributed by atoms with E-state index in [9.17, 15) is 26.8 Å². The Morgan fingerprint density at radius 1 is 1.03 bits per heavy atom. The zero-order valence-electron chi connectivity index (χ0n) is 16.6. The van der Waals surface area contributed by atoms with Crippen LogP contribution in [0, 0.1) is 11.6 Å². The van der Waals surface area contributed by atoms with E-state index < -0.39 is 44.8 Å². The summed E-state index contributed by atoms with van der Waals surface area (Å²) >= 11 is 0. The van der Waals surface area contributed by atoms with Crippen LogP contribution >= 0.6 is 0 Å². The second-order valence-corrected chi connectivity index (χ2v) is 8.35. The molecule has 33 heavy (non-hydrogen) atoms. The zero-order chi connectivity index (χ0) is 23.6. The van der Waals surface area contributed by atoms with Gasteiger partial charge >= 0.3 is 5.97 Å². The Morgan fingerprint density at radius 2 is 1.76 bits per heavy atom. The van der Waals surface area contributed by atoms with Crippen molar-refractivity contribution in [2.75, 3.05) is 4.72 Å². The van der Waals surface area contributed by atoms with Gasteiger partial charge in [-0.25, -0.2) is 22.0 Å². The molecule has 0 aliphatic rings. The number of hydrogen-bond acceptors (Lipinski definition) is 7. The lowest BCUT2D eigenvalue weighted by Gasteiger charge is -2.13. The monoisotopic (exact) mass is 472 g/mol. The van der Waals surface area contributed by atoms with E-state index in [1.54, 1.807) is 24.3 Å². The minimum Gasteiger partial charge on any atom is -0.438 e. The standard InChI is InChI=1S/C21H14F2N4O5S/c22-13-9-10-19(16(23)11-13)33(30,31)25-18-8-4-2-6-15(18)21(29)32-12-27-20(28)14-5-1-3-7-17(14)24-26-27/h1-11,25H,12H2. The maximum absolute atomic E-state index is 14.0. The van der Waals surface area contributed by atoms with Crippen molar-refractivity contribution < 1.29 is 26.7 Å². The number of carbonyl (C=O) groups excluding carboxylic acids is 1. The van der Waals surface area contributed by atoms with E-state index >= 15 is 0 Å². The fourth-order valence-corrected chi connectivity index (χ4v) is 4.09. The predicted molar refractivity (Wildman–Crippen MR) is 113 cm³/mol.